The lowest BCUT2D eigenvalue weighted by Crippen LogP contribution is -2.17. The second-order valence-corrected chi connectivity index (χ2v) is 5.08. The van der Waals surface area contributed by atoms with Gasteiger partial charge in [-0.1, -0.05) is 11.6 Å². The molecule has 0 atom stereocenters. The molecule has 0 aromatic heterocycles. The van der Waals surface area contributed by atoms with Crippen LogP contribution in [0.25, 0.3) is 0 Å². The lowest BCUT2D eigenvalue weighted by atomic mass is 10.0. The van der Waals surface area contributed by atoms with Crippen molar-refractivity contribution in [2.24, 2.45) is 0 Å². The first-order chi connectivity index (χ1) is 10.7. The molecule has 6 heteroatoms. The summed E-state index contributed by atoms with van der Waals surface area (Å²) >= 11 is 5.83. The van der Waals surface area contributed by atoms with Gasteiger partial charge in [-0.15, -0.1) is 0 Å². The maximum absolute atomic E-state index is 12.6. The van der Waals surface area contributed by atoms with E-state index in [9.17, 15) is 9.59 Å². The molecule has 0 unspecified atom stereocenters. The van der Waals surface area contributed by atoms with Crippen LogP contribution in [0.1, 0.15) is 15.9 Å². The standard InChI is InChI=1S/C16H12ClNO4/c17-11-3-1-10(2-4-11)16(20)12-7-14-15(22-6-5-21-14)8-13(12)18-9-19/h1-4,7-9H,5-6H2,(H,18,19). The predicted octanol–water partition coefficient (Wildman–Crippen LogP) is 2.91. The Hall–Kier alpha value is -2.53. The zero-order valence-electron chi connectivity index (χ0n) is 11.5. The minimum absolute atomic E-state index is 0.238. The molecule has 0 fully saturated rings. The Morgan fingerprint density at radius 1 is 1.09 bits per heavy atom. The molecule has 2 aromatic rings. The zero-order valence-corrected chi connectivity index (χ0v) is 12.2. The molecule has 0 bridgehead atoms. The number of nitrogens with one attached hydrogen (secondary N) is 1. The molecule has 0 saturated carbocycles. The Morgan fingerprint density at radius 2 is 1.73 bits per heavy atom. The van der Waals surface area contributed by atoms with Crippen molar-refractivity contribution in [3.05, 3.63) is 52.5 Å². The average molecular weight is 318 g/mol. The highest BCUT2D eigenvalue weighted by Gasteiger charge is 2.20. The maximum atomic E-state index is 12.6. The number of ketones is 1. The van der Waals surface area contributed by atoms with Crippen molar-refractivity contribution in [1.29, 1.82) is 0 Å². The number of anilines is 1. The summed E-state index contributed by atoms with van der Waals surface area (Å²) in [5, 5.41) is 3.07. The van der Waals surface area contributed by atoms with E-state index in [1.807, 2.05) is 0 Å². The Bertz CT molecular complexity index is 728. The third-order valence-electron chi connectivity index (χ3n) is 3.25. The summed E-state index contributed by atoms with van der Waals surface area (Å²) in [4.78, 5) is 23.4. The van der Waals surface area contributed by atoms with Crippen LogP contribution in [-0.4, -0.2) is 25.4 Å². The van der Waals surface area contributed by atoms with E-state index in [-0.39, 0.29) is 5.78 Å². The Kier molecular flexibility index (Phi) is 3.98. The summed E-state index contributed by atoms with van der Waals surface area (Å²) in [7, 11) is 0. The van der Waals surface area contributed by atoms with Crippen molar-refractivity contribution in [3.8, 4) is 11.5 Å². The number of fused-ring (bicyclic) bond motifs is 1. The van der Waals surface area contributed by atoms with Gasteiger partial charge in [0.1, 0.15) is 13.2 Å². The molecule has 1 aliphatic heterocycles. The maximum Gasteiger partial charge on any atom is 0.211 e. The van der Waals surface area contributed by atoms with Crippen LogP contribution in [0.2, 0.25) is 5.02 Å². The highest BCUT2D eigenvalue weighted by Crippen LogP contribution is 2.36. The van der Waals surface area contributed by atoms with E-state index < -0.39 is 0 Å². The van der Waals surface area contributed by atoms with Gasteiger partial charge in [-0.25, -0.2) is 0 Å². The number of rotatable bonds is 4. The number of benzene rings is 2. The minimum Gasteiger partial charge on any atom is -0.486 e. The number of hydrogen-bond acceptors (Lipinski definition) is 4. The number of carbonyl (C=O) groups is 2. The fourth-order valence-electron chi connectivity index (χ4n) is 2.22. The molecule has 2 aromatic carbocycles. The molecule has 1 heterocycles. The van der Waals surface area contributed by atoms with Gasteiger partial charge >= 0.3 is 0 Å². The molecule has 0 radical (unpaired) electrons. The highest BCUT2D eigenvalue weighted by molar-refractivity contribution is 6.30. The van der Waals surface area contributed by atoms with Gasteiger partial charge in [0.2, 0.25) is 6.41 Å². The van der Waals surface area contributed by atoms with Gasteiger partial charge in [-0.05, 0) is 30.3 Å². The van der Waals surface area contributed by atoms with E-state index in [4.69, 9.17) is 21.1 Å². The van der Waals surface area contributed by atoms with E-state index in [1.54, 1.807) is 36.4 Å². The van der Waals surface area contributed by atoms with Crippen molar-refractivity contribution >= 4 is 29.5 Å². The first-order valence-corrected chi connectivity index (χ1v) is 7.01. The van der Waals surface area contributed by atoms with E-state index in [1.165, 1.54) is 0 Å². The predicted molar refractivity (Wildman–Crippen MR) is 82.0 cm³/mol. The molecule has 1 N–H and O–H groups in total. The van der Waals surface area contributed by atoms with Crippen LogP contribution in [0.4, 0.5) is 5.69 Å². The number of hydrogen-bond donors (Lipinski definition) is 1. The quantitative estimate of drug-likeness (QED) is 0.695. The molecular weight excluding hydrogens is 306 g/mol. The molecule has 112 valence electrons. The number of amides is 1. The lowest BCUT2D eigenvalue weighted by Gasteiger charge is -2.20. The SMILES string of the molecule is O=CNc1cc2c(cc1C(=O)c1ccc(Cl)cc1)OCCO2. The molecule has 22 heavy (non-hydrogen) atoms. The summed E-state index contributed by atoms with van der Waals surface area (Å²) < 4.78 is 10.9. The van der Waals surface area contributed by atoms with Crippen LogP contribution in [0.5, 0.6) is 11.5 Å². The Labute approximate surface area is 131 Å². The van der Waals surface area contributed by atoms with Gasteiger partial charge in [0.05, 0.1) is 11.3 Å². The third kappa shape index (κ3) is 2.76. The summed E-state index contributed by atoms with van der Waals surface area (Å²) in [6, 6.07) is 9.71. The van der Waals surface area contributed by atoms with E-state index >= 15 is 0 Å². The van der Waals surface area contributed by atoms with Crippen LogP contribution >= 0.6 is 11.6 Å². The van der Waals surface area contributed by atoms with Crippen LogP contribution in [0, 0.1) is 0 Å². The van der Waals surface area contributed by atoms with Gasteiger partial charge in [-0.3, -0.25) is 9.59 Å². The van der Waals surface area contributed by atoms with Gasteiger partial charge < -0.3 is 14.8 Å². The second kappa shape index (κ2) is 6.07. The molecular formula is C16H12ClNO4. The van der Waals surface area contributed by atoms with Crippen LogP contribution in [0.3, 0.4) is 0 Å². The fraction of sp³-hybridized carbons (Fsp3) is 0.125. The highest BCUT2D eigenvalue weighted by atomic mass is 35.5. The summed E-state index contributed by atoms with van der Waals surface area (Å²) in [6.45, 7) is 0.847. The first-order valence-electron chi connectivity index (χ1n) is 6.63. The lowest BCUT2D eigenvalue weighted by molar-refractivity contribution is -0.105. The number of ether oxygens (including phenoxy) is 2. The van der Waals surface area contributed by atoms with Crippen molar-refractivity contribution in [3.63, 3.8) is 0 Å². The number of halogens is 1. The number of carbonyl (C=O) groups excluding carboxylic acids is 2. The molecule has 0 spiro atoms. The summed E-state index contributed by atoms with van der Waals surface area (Å²) in [6.07, 6.45) is 0.518. The molecule has 1 aliphatic rings. The zero-order chi connectivity index (χ0) is 15.5. The third-order valence-corrected chi connectivity index (χ3v) is 3.50. The molecule has 0 aliphatic carbocycles. The van der Waals surface area contributed by atoms with Crippen LogP contribution in [0.15, 0.2) is 36.4 Å². The van der Waals surface area contributed by atoms with Gasteiger partial charge in [-0.2, -0.15) is 0 Å². The van der Waals surface area contributed by atoms with Crippen molar-refractivity contribution < 1.29 is 19.1 Å². The average Bonchev–Trinajstić information content (AvgIpc) is 2.54. The van der Waals surface area contributed by atoms with Crippen molar-refractivity contribution in [1.82, 2.24) is 0 Å². The van der Waals surface area contributed by atoms with E-state index in [0.29, 0.717) is 53.0 Å². The minimum atomic E-state index is -0.238. The Morgan fingerprint density at radius 3 is 2.36 bits per heavy atom. The van der Waals surface area contributed by atoms with E-state index in [0.717, 1.165) is 0 Å². The fourth-order valence-corrected chi connectivity index (χ4v) is 2.34. The summed E-state index contributed by atoms with van der Waals surface area (Å²) in [5.41, 5.74) is 1.17. The molecule has 0 saturated heterocycles. The largest absolute Gasteiger partial charge is 0.486 e. The van der Waals surface area contributed by atoms with Gasteiger partial charge in [0.15, 0.2) is 17.3 Å². The van der Waals surface area contributed by atoms with Crippen LogP contribution < -0.4 is 14.8 Å². The first kappa shape index (κ1) is 14.4. The van der Waals surface area contributed by atoms with Gasteiger partial charge in [0.25, 0.3) is 0 Å². The second-order valence-electron chi connectivity index (χ2n) is 4.64. The topological polar surface area (TPSA) is 64.6 Å². The van der Waals surface area contributed by atoms with Gasteiger partial charge in [0, 0.05) is 16.7 Å². The van der Waals surface area contributed by atoms with Crippen LogP contribution in [-0.2, 0) is 4.79 Å². The summed E-state index contributed by atoms with van der Waals surface area (Å²) in [5.74, 6) is 0.751. The molecule has 3 rings (SSSR count). The van der Waals surface area contributed by atoms with Crippen molar-refractivity contribution in [2.75, 3.05) is 18.5 Å². The Balaban J connectivity index is 2.05. The normalized spacial score (nSPS) is 12.6. The monoisotopic (exact) mass is 317 g/mol. The van der Waals surface area contributed by atoms with E-state index in [2.05, 4.69) is 5.32 Å². The van der Waals surface area contributed by atoms with Crippen molar-refractivity contribution in [2.45, 2.75) is 0 Å². The molecule has 1 amide bonds. The smallest absolute Gasteiger partial charge is 0.211 e. The molecule has 5 nitrogen and oxygen atoms in total.